The highest BCUT2D eigenvalue weighted by molar-refractivity contribution is 7.98. The molecule has 132 valence electrons. The van der Waals surface area contributed by atoms with Crippen molar-refractivity contribution in [3.05, 3.63) is 65.7 Å². The zero-order valence-electron chi connectivity index (χ0n) is 14.6. The molecule has 3 aromatic rings. The maximum Gasteiger partial charge on any atom is 0.252 e. The fourth-order valence-electron chi connectivity index (χ4n) is 2.82. The predicted octanol–water partition coefficient (Wildman–Crippen LogP) is 4.43. The van der Waals surface area contributed by atoms with Gasteiger partial charge in [0.05, 0.1) is 23.2 Å². The fraction of sp³-hybridized carbons (Fsp3) is 0.238. The third-order valence-corrected chi connectivity index (χ3v) is 5.35. The van der Waals surface area contributed by atoms with Crippen LogP contribution in [-0.4, -0.2) is 24.0 Å². The summed E-state index contributed by atoms with van der Waals surface area (Å²) >= 11 is 1.63. The molecule has 0 bridgehead atoms. The quantitative estimate of drug-likeness (QED) is 0.658. The van der Waals surface area contributed by atoms with E-state index in [9.17, 15) is 4.79 Å². The minimum Gasteiger partial charge on any atom is -0.497 e. The van der Waals surface area contributed by atoms with Gasteiger partial charge in [0.25, 0.3) is 5.91 Å². The van der Waals surface area contributed by atoms with Crippen LogP contribution in [-0.2, 0) is 5.75 Å². The highest BCUT2D eigenvalue weighted by atomic mass is 32.2. The van der Waals surface area contributed by atoms with Gasteiger partial charge < -0.3 is 10.1 Å². The molecular formula is C21H20N2O2S. The van der Waals surface area contributed by atoms with Crippen molar-refractivity contribution in [1.29, 1.82) is 0 Å². The van der Waals surface area contributed by atoms with Crippen molar-refractivity contribution in [2.24, 2.45) is 0 Å². The maximum atomic E-state index is 12.7. The number of rotatable bonds is 6. The molecule has 26 heavy (non-hydrogen) atoms. The molecule has 0 spiro atoms. The van der Waals surface area contributed by atoms with Crippen LogP contribution in [0.15, 0.2) is 59.6 Å². The van der Waals surface area contributed by atoms with Crippen LogP contribution in [0.5, 0.6) is 5.75 Å². The van der Waals surface area contributed by atoms with Crippen molar-refractivity contribution in [2.45, 2.75) is 29.7 Å². The van der Waals surface area contributed by atoms with E-state index in [2.05, 4.69) is 11.4 Å². The summed E-state index contributed by atoms with van der Waals surface area (Å²) in [5.74, 6) is 1.61. The number of thioether (sulfide) groups is 1. The molecule has 5 heteroatoms. The lowest BCUT2D eigenvalue weighted by atomic mass is 10.1. The summed E-state index contributed by atoms with van der Waals surface area (Å²) in [6.45, 7) is 0. The summed E-state index contributed by atoms with van der Waals surface area (Å²) in [7, 11) is 1.67. The number of nitrogens with one attached hydrogen (secondary N) is 1. The zero-order valence-corrected chi connectivity index (χ0v) is 15.4. The number of benzene rings is 2. The summed E-state index contributed by atoms with van der Waals surface area (Å²) in [6, 6.07) is 18.1. The molecule has 2 aromatic carbocycles. The Morgan fingerprint density at radius 2 is 2.04 bits per heavy atom. The lowest BCUT2D eigenvalue weighted by Crippen LogP contribution is -2.25. The van der Waals surface area contributed by atoms with Gasteiger partial charge in [0.1, 0.15) is 5.75 Å². The first-order chi connectivity index (χ1) is 12.7. The lowest BCUT2D eigenvalue weighted by molar-refractivity contribution is 0.0952. The van der Waals surface area contributed by atoms with Gasteiger partial charge in [-0.1, -0.05) is 30.3 Å². The van der Waals surface area contributed by atoms with Crippen molar-refractivity contribution in [3.8, 4) is 5.75 Å². The molecule has 4 nitrogen and oxygen atoms in total. The van der Waals surface area contributed by atoms with E-state index in [-0.39, 0.29) is 5.91 Å². The number of methoxy groups -OCH3 is 1. The number of amides is 1. The number of carbonyl (C=O) groups is 1. The Labute approximate surface area is 157 Å². The second-order valence-corrected chi connectivity index (χ2v) is 7.41. The first-order valence-electron chi connectivity index (χ1n) is 8.69. The van der Waals surface area contributed by atoms with Gasteiger partial charge in [-0.15, -0.1) is 11.8 Å². The van der Waals surface area contributed by atoms with E-state index in [1.165, 1.54) is 0 Å². The van der Waals surface area contributed by atoms with E-state index in [4.69, 9.17) is 9.72 Å². The van der Waals surface area contributed by atoms with Crippen LogP contribution in [0.2, 0.25) is 0 Å². The molecule has 0 saturated heterocycles. The maximum absolute atomic E-state index is 12.7. The summed E-state index contributed by atoms with van der Waals surface area (Å²) in [6.07, 6.45) is 2.15. The average molecular weight is 364 g/mol. The van der Waals surface area contributed by atoms with Crippen molar-refractivity contribution in [1.82, 2.24) is 10.3 Å². The van der Waals surface area contributed by atoms with Crippen molar-refractivity contribution >= 4 is 28.6 Å². The number of hydrogen-bond donors (Lipinski definition) is 1. The van der Waals surface area contributed by atoms with E-state index >= 15 is 0 Å². The van der Waals surface area contributed by atoms with Crippen LogP contribution in [0.1, 0.15) is 28.8 Å². The molecule has 1 heterocycles. The van der Waals surface area contributed by atoms with Crippen LogP contribution >= 0.6 is 11.8 Å². The Morgan fingerprint density at radius 3 is 2.85 bits per heavy atom. The highest BCUT2D eigenvalue weighted by Crippen LogP contribution is 2.28. The van der Waals surface area contributed by atoms with Gasteiger partial charge >= 0.3 is 0 Å². The zero-order chi connectivity index (χ0) is 17.9. The molecule has 1 saturated carbocycles. The predicted molar refractivity (Wildman–Crippen MR) is 105 cm³/mol. The molecule has 0 aliphatic heterocycles. The fourth-order valence-corrected chi connectivity index (χ4v) is 3.68. The summed E-state index contributed by atoms with van der Waals surface area (Å²) in [4.78, 5) is 17.4. The van der Waals surface area contributed by atoms with E-state index in [0.717, 1.165) is 45.8 Å². The third-order valence-electron chi connectivity index (χ3n) is 4.37. The minimum absolute atomic E-state index is 0.00525. The summed E-state index contributed by atoms with van der Waals surface area (Å²) in [5, 5.41) is 4.84. The number of ether oxygens (including phenoxy) is 1. The number of fused-ring (bicyclic) bond motifs is 1. The Balaban J connectivity index is 1.61. The lowest BCUT2D eigenvalue weighted by Gasteiger charge is -2.10. The molecule has 0 radical (unpaired) electrons. The molecule has 4 rings (SSSR count). The summed E-state index contributed by atoms with van der Waals surface area (Å²) < 4.78 is 5.28. The average Bonchev–Trinajstić information content (AvgIpc) is 3.49. The largest absolute Gasteiger partial charge is 0.497 e. The molecule has 0 atom stereocenters. The first kappa shape index (κ1) is 16.9. The number of pyridine rings is 1. The summed E-state index contributed by atoms with van der Waals surface area (Å²) in [5.41, 5.74) is 2.72. The van der Waals surface area contributed by atoms with Crippen molar-refractivity contribution in [2.75, 3.05) is 7.11 Å². The standard InChI is InChI=1S/C21H20N2O2S/c1-25-16-6-4-5-14(11-16)13-26-20-12-18(21(24)22-15-9-10-15)17-7-2-3-8-19(17)23-20/h2-8,11-12,15H,9-10,13H2,1H3,(H,22,24). The molecule has 1 aromatic heterocycles. The normalized spacial score (nSPS) is 13.6. The Morgan fingerprint density at radius 1 is 1.19 bits per heavy atom. The number of carbonyl (C=O) groups excluding carboxylic acids is 1. The molecular weight excluding hydrogens is 344 g/mol. The smallest absolute Gasteiger partial charge is 0.252 e. The minimum atomic E-state index is -0.00525. The van der Waals surface area contributed by atoms with Gasteiger partial charge in [0.2, 0.25) is 0 Å². The van der Waals surface area contributed by atoms with E-state index in [0.29, 0.717) is 11.6 Å². The van der Waals surface area contributed by atoms with Crippen LogP contribution in [0.3, 0.4) is 0 Å². The molecule has 1 aliphatic carbocycles. The van der Waals surface area contributed by atoms with Gasteiger partial charge in [0.15, 0.2) is 0 Å². The van der Waals surface area contributed by atoms with Gasteiger partial charge in [-0.2, -0.15) is 0 Å². The van der Waals surface area contributed by atoms with Gasteiger partial charge in [0, 0.05) is 17.2 Å². The third kappa shape index (κ3) is 3.83. The number of nitrogens with zero attached hydrogens (tertiary/aromatic N) is 1. The van der Waals surface area contributed by atoms with E-state index < -0.39 is 0 Å². The second kappa shape index (κ2) is 7.38. The first-order valence-corrected chi connectivity index (χ1v) is 9.68. The van der Waals surface area contributed by atoms with Gasteiger partial charge in [-0.25, -0.2) is 4.98 Å². The Bertz CT molecular complexity index is 954. The van der Waals surface area contributed by atoms with Crippen molar-refractivity contribution in [3.63, 3.8) is 0 Å². The van der Waals surface area contributed by atoms with Gasteiger partial charge in [-0.05, 0) is 42.7 Å². The topological polar surface area (TPSA) is 51.2 Å². The molecule has 0 unspecified atom stereocenters. The monoisotopic (exact) mass is 364 g/mol. The van der Waals surface area contributed by atoms with Crippen LogP contribution in [0.25, 0.3) is 10.9 Å². The van der Waals surface area contributed by atoms with Crippen molar-refractivity contribution < 1.29 is 9.53 Å². The number of para-hydroxylation sites is 1. The molecule has 1 aliphatic rings. The molecule has 1 fully saturated rings. The molecule has 1 N–H and O–H groups in total. The second-order valence-electron chi connectivity index (χ2n) is 6.41. The van der Waals surface area contributed by atoms with Crippen LogP contribution < -0.4 is 10.1 Å². The number of hydrogen-bond acceptors (Lipinski definition) is 4. The van der Waals surface area contributed by atoms with E-state index in [1.807, 2.05) is 48.5 Å². The van der Waals surface area contributed by atoms with E-state index in [1.54, 1.807) is 18.9 Å². The van der Waals surface area contributed by atoms with Crippen LogP contribution in [0, 0.1) is 0 Å². The molecule has 1 amide bonds. The van der Waals surface area contributed by atoms with Crippen LogP contribution in [0.4, 0.5) is 0 Å². The Hall–Kier alpha value is -2.53. The SMILES string of the molecule is COc1cccc(CSc2cc(C(=O)NC3CC3)c3ccccc3n2)c1. The number of aromatic nitrogens is 1. The highest BCUT2D eigenvalue weighted by Gasteiger charge is 2.25. The Kier molecular flexibility index (Phi) is 4.80. The van der Waals surface area contributed by atoms with Gasteiger partial charge in [-0.3, -0.25) is 4.79 Å².